The number of benzene rings is 2. The molecule has 2 heteroatoms. The molecule has 0 heterocycles. The molecule has 29 heavy (non-hydrogen) atoms. The van der Waals surface area contributed by atoms with E-state index in [1.54, 1.807) is 0 Å². The fourth-order valence-electron chi connectivity index (χ4n) is 7.61. The minimum absolute atomic E-state index is 0.152. The summed E-state index contributed by atoms with van der Waals surface area (Å²) in [5.41, 5.74) is 4.47. The highest BCUT2D eigenvalue weighted by Crippen LogP contribution is 2.66. The monoisotopic (exact) mass is 390 g/mol. The van der Waals surface area contributed by atoms with Gasteiger partial charge in [-0.15, -0.1) is 0 Å². The van der Waals surface area contributed by atoms with Crippen LogP contribution in [0.2, 0.25) is 0 Å². The number of hydrogen-bond acceptors (Lipinski definition) is 2. The Labute approximate surface area is 175 Å². The van der Waals surface area contributed by atoms with Crippen LogP contribution in [0.5, 0.6) is 5.75 Å². The second-order valence-electron chi connectivity index (χ2n) is 10.2. The van der Waals surface area contributed by atoms with E-state index in [9.17, 15) is 10.2 Å². The summed E-state index contributed by atoms with van der Waals surface area (Å²) in [5.74, 6) is 2.94. The maximum Gasteiger partial charge on any atom is 0.115 e. The van der Waals surface area contributed by atoms with Crippen molar-refractivity contribution in [2.24, 2.45) is 23.2 Å². The lowest BCUT2D eigenvalue weighted by molar-refractivity contribution is 0.0149. The molecule has 0 saturated heterocycles. The molecule has 0 bridgehead atoms. The Hall–Kier alpha value is -1.80. The first kappa shape index (κ1) is 19.2. The summed E-state index contributed by atoms with van der Waals surface area (Å²) in [6, 6.07) is 17.1. The lowest BCUT2D eigenvalue weighted by Gasteiger charge is -2.54. The molecule has 3 aliphatic carbocycles. The Kier molecular flexibility index (Phi) is 4.74. The molecule has 154 valence electrons. The van der Waals surface area contributed by atoms with Gasteiger partial charge in [0.25, 0.3) is 0 Å². The quantitative estimate of drug-likeness (QED) is 0.672. The van der Waals surface area contributed by atoms with Gasteiger partial charge in [0.15, 0.2) is 0 Å². The average Bonchev–Trinajstić information content (AvgIpc) is 2.97. The summed E-state index contributed by atoms with van der Waals surface area (Å²) in [4.78, 5) is 0. The van der Waals surface area contributed by atoms with Crippen molar-refractivity contribution in [2.45, 2.75) is 70.3 Å². The van der Waals surface area contributed by atoms with Gasteiger partial charge in [0.1, 0.15) is 5.75 Å². The van der Waals surface area contributed by atoms with Crippen LogP contribution in [-0.2, 0) is 6.42 Å². The van der Waals surface area contributed by atoms with E-state index < -0.39 is 0 Å². The van der Waals surface area contributed by atoms with Crippen LogP contribution in [0, 0.1) is 23.2 Å². The van der Waals surface area contributed by atoms with Crippen LogP contribution < -0.4 is 0 Å². The number of phenolic OH excluding ortho intramolecular Hbond substituents is 1. The van der Waals surface area contributed by atoms with Gasteiger partial charge in [-0.2, -0.15) is 0 Å². The third kappa shape index (κ3) is 3.03. The van der Waals surface area contributed by atoms with Gasteiger partial charge in [-0.3, -0.25) is 0 Å². The van der Waals surface area contributed by atoms with E-state index in [2.05, 4.69) is 50.2 Å². The predicted molar refractivity (Wildman–Crippen MR) is 117 cm³/mol. The van der Waals surface area contributed by atoms with Crippen LogP contribution >= 0.6 is 0 Å². The molecule has 3 aliphatic rings. The Morgan fingerprint density at radius 3 is 2.62 bits per heavy atom. The molecule has 0 aromatic heterocycles. The minimum Gasteiger partial charge on any atom is -0.508 e. The Morgan fingerprint density at radius 2 is 1.86 bits per heavy atom. The van der Waals surface area contributed by atoms with Crippen molar-refractivity contribution in [1.82, 2.24) is 0 Å². The van der Waals surface area contributed by atoms with Crippen molar-refractivity contribution in [3.63, 3.8) is 0 Å². The Balaban J connectivity index is 1.65. The van der Waals surface area contributed by atoms with Crippen LogP contribution in [0.4, 0.5) is 0 Å². The topological polar surface area (TPSA) is 40.5 Å². The molecule has 5 rings (SSSR count). The molecule has 0 radical (unpaired) electrons. The third-order valence-corrected chi connectivity index (χ3v) is 8.62. The first-order valence-corrected chi connectivity index (χ1v) is 11.6. The van der Waals surface area contributed by atoms with Gasteiger partial charge in [0.2, 0.25) is 0 Å². The number of fused-ring (bicyclic) bond motifs is 5. The molecule has 0 amide bonds. The Morgan fingerprint density at radius 1 is 1.07 bits per heavy atom. The van der Waals surface area contributed by atoms with Gasteiger partial charge < -0.3 is 10.2 Å². The maximum absolute atomic E-state index is 11.1. The molecule has 2 N–H and O–H groups in total. The van der Waals surface area contributed by atoms with Gasteiger partial charge in [-0.05, 0) is 95.9 Å². The highest BCUT2D eigenvalue weighted by atomic mass is 16.3. The summed E-state index contributed by atoms with van der Waals surface area (Å²) < 4.78 is 0. The van der Waals surface area contributed by atoms with Crippen LogP contribution in [0.3, 0.4) is 0 Å². The smallest absolute Gasteiger partial charge is 0.115 e. The van der Waals surface area contributed by atoms with Gasteiger partial charge in [0.05, 0.1) is 6.10 Å². The van der Waals surface area contributed by atoms with Crippen molar-refractivity contribution >= 4 is 0 Å². The van der Waals surface area contributed by atoms with Crippen molar-refractivity contribution in [1.29, 1.82) is 0 Å². The van der Waals surface area contributed by atoms with Crippen molar-refractivity contribution in [3.8, 4) is 5.75 Å². The van der Waals surface area contributed by atoms with Crippen LogP contribution in [0.15, 0.2) is 48.5 Å². The normalized spacial score (nSPS) is 38.2. The highest BCUT2D eigenvalue weighted by Gasteiger charge is 2.59. The fraction of sp³-hybridized carbons (Fsp3) is 0.556. The van der Waals surface area contributed by atoms with E-state index in [0.29, 0.717) is 35.3 Å². The molecule has 0 unspecified atom stereocenters. The molecular formula is C27H34O2. The molecule has 2 saturated carbocycles. The number of hydrogen-bond donors (Lipinski definition) is 2. The van der Waals surface area contributed by atoms with Gasteiger partial charge in [0, 0.05) is 0 Å². The largest absolute Gasteiger partial charge is 0.508 e. The minimum atomic E-state index is -0.152. The van der Waals surface area contributed by atoms with E-state index in [0.717, 1.165) is 25.7 Å². The summed E-state index contributed by atoms with van der Waals surface area (Å²) in [6.07, 6.45) is 6.50. The van der Waals surface area contributed by atoms with Crippen LogP contribution in [-0.4, -0.2) is 16.3 Å². The SMILES string of the molecule is CCC[C@@H]1[C@H]2[C@H]3[C@H](CC[C@]2(C)C[C@@H]1O)c1ccc(O)cc1C[C@H]3c1ccccc1. The summed E-state index contributed by atoms with van der Waals surface area (Å²) >= 11 is 0. The number of aromatic hydroxyl groups is 1. The van der Waals surface area contributed by atoms with E-state index in [4.69, 9.17) is 0 Å². The molecule has 2 aromatic rings. The van der Waals surface area contributed by atoms with Gasteiger partial charge in [-0.1, -0.05) is 56.7 Å². The number of rotatable bonds is 3. The Bertz CT molecular complexity index is 875. The number of aliphatic hydroxyl groups excluding tert-OH is 1. The number of aliphatic hydroxyl groups is 1. The molecule has 0 spiro atoms. The second-order valence-corrected chi connectivity index (χ2v) is 10.2. The van der Waals surface area contributed by atoms with Crippen molar-refractivity contribution in [2.75, 3.05) is 0 Å². The standard InChI is InChI=1S/C27H34O2/c1-3-7-22-24(29)16-27(2)13-12-21-20-11-10-19(28)14-18(20)15-23(25(21)26(22)27)17-8-5-4-6-9-17/h4-6,8-11,14,21-26,28-29H,3,7,12-13,15-16H2,1-2H3/t21-,22+,23+,24+,25+,26+,27-/m1/s1. The first-order chi connectivity index (χ1) is 14.0. The summed E-state index contributed by atoms with van der Waals surface area (Å²) in [6.45, 7) is 4.72. The maximum atomic E-state index is 11.1. The lowest BCUT2D eigenvalue weighted by atomic mass is 9.50. The van der Waals surface area contributed by atoms with Crippen LogP contribution in [0.1, 0.15) is 74.5 Å². The first-order valence-electron chi connectivity index (χ1n) is 11.6. The van der Waals surface area contributed by atoms with Crippen molar-refractivity contribution < 1.29 is 10.2 Å². The highest BCUT2D eigenvalue weighted by molar-refractivity contribution is 5.43. The molecule has 2 aromatic carbocycles. The molecular weight excluding hydrogens is 356 g/mol. The second kappa shape index (κ2) is 7.16. The number of phenols is 1. The van der Waals surface area contributed by atoms with Crippen molar-refractivity contribution in [3.05, 3.63) is 65.2 Å². The molecule has 0 aliphatic heterocycles. The molecule has 2 nitrogen and oxygen atoms in total. The fourth-order valence-corrected chi connectivity index (χ4v) is 7.61. The zero-order valence-electron chi connectivity index (χ0n) is 17.7. The zero-order valence-corrected chi connectivity index (χ0v) is 17.7. The van der Waals surface area contributed by atoms with E-state index in [1.807, 2.05) is 12.1 Å². The van der Waals surface area contributed by atoms with E-state index in [-0.39, 0.29) is 11.5 Å². The predicted octanol–water partition coefficient (Wildman–Crippen LogP) is 6.03. The lowest BCUT2D eigenvalue weighted by Crippen LogP contribution is -2.45. The average molecular weight is 391 g/mol. The van der Waals surface area contributed by atoms with Gasteiger partial charge in [-0.25, -0.2) is 0 Å². The van der Waals surface area contributed by atoms with E-state index >= 15 is 0 Å². The zero-order chi connectivity index (χ0) is 20.2. The molecule has 7 atom stereocenters. The summed E-state index contributed by atoms with van der Waals surface area (Å²) in [5, 5.41) is 21.2. The summed E-state index contributed by atoms with van der Waals surface area (Å²) in [7, 11) is 0. The molecule has 2 fully saturated rings. The van der Waals surface area contributed by atoms with Crippen LogP contribution in [0.25, 0.3) is 0 Å². The third-order valence-electron chi connectivity index (χ3n) is 8.62. The van der Waals surface area contributed by atoms with E-state index in [1.165, 1.54) is 29.5 Å². The van der Waals surface area contributed by atoms with Gasteiger partial charge >= 0.3 is 0 Å².